The molecule has 0 fully saturated rings. The Hall–Kier alpha value is -0.620. The highest BCUT2D eigenvalue weighted by Gasteiger charge is 2.14. The molecule has 0 aliphatic rings. The zero-order valence-corrected chi connectivity index (χ0v) is 11.9. The quantitative estimate of drug-likeness (QED) is 0.862. The van der Waals surface area contributed by atoms with Crippen molar-refractivity contribution in [2.75, 3.05) is 13.7 Å². The molecule has 1 amide bonds. The molecule has 1 aromatic rings. The Morgan fingerprint density at radius 2 is 2.29 bits per heavy atom. The second-order valence-electron chi connectivity index (χ2n) is 3.31. The molecule has 17 heavy (non-hydrogen) atoms. The van der Waals surface area contributed by atoms with Gasteiger partial charge in [0.05, 0.1) is 0 Å². The molecule has 0 bridgehead atoms. The van der Waals surface area contributed by atoms with Crippen LogP contribution in [0.15, 0.2) is 28.7 Å². The second-order valence-corrected chi connectivity index (χ2v) is 4.22. The largest absolute Gasteiger partial charge is 0.370 e. The fourth-order valence-corrected chi connectivity index (χ4v) is 1.71. The zero-order valence-electron chi connectivity index (χ0n) is 9.48. The Kier molecular flexibility index (Phi) is 8.16. The number of carbonyl (C=O) groups excluding carboxylic acids is 1. The van der Waals surface area contributed by atoms with Crippen LogP contribution in [0.3, 0.4) is 0 Å². The van der Waals surface area contributed by atoms with Crippen molar-refractivity contribution >= 4 is 34.2 Å². The molecular weight excluding hydrogens is 307 g/mol. The van der Waals surface area contributed by atoms with Gasteiger partial charge in [0.25, 0.3) is 5.91 Å². The Bertz CT molecular complexity index is 359. The SMILES string of the molecule is COC(CN)C(=O)NCc1cccc(Br)c1.Cl. The van der Waals surface area contributed by atoms with E-state index in [0.717, 1.165) is 10.0 Å². The lowest BCUT2D eigenvalue weighted by atomic mass is 10.2. The molecule has 96 valence electrons. The van der Waals surface area contributed by atoms with Crippen LogP contribution in [0.1, 0.15) is 5.56 Å². The number of rotatable bonds is 5. The van der Waals surface area contributed by atoms with E-state index in [0.29, 0.717) is 6.54 Å². The third kappa shape index (κ3) is 5.50. The van der Waals surface area contributed by atoms with Gasteiger partial charge >= 0.3 is 0 Å². The van der Waals surface area contributed by atoms with Crippen molar-refractivity contribution in [3.63, 3.8) is 0 Å². The van der Waals surface area contributed by atoms with Gasteiger partial charge in [-0.1, -0.05) is 28.1 Å². The van der Waals surface area contributed by atoms with Crippen LogP contribution < -0.4 is 11.1 Å². The summed E-state index contributed by atoms with van der Waals surface area (Å²) in [5.41, 5.74) is 6.41. The topological polar surface area (TPSA) is 64.3 Å². The summed E-state index contributed by atoms with van der Waals surface area (Å²) in [6.45, 7) is 0.652. The number of benzene rings is 1. The van der Waals surface area contributed by atoms with E-state index >= 15 is 0 Å². The van der Waals surface area contributed by atoms with E-state index in [1.807, 2.05) is 24.3 Å². The van der Waals surface area contributed by atoms with Crippen LogP contribution in [0.25, 0.3) is 0 Å². The average molecular weight is 324 g/mol. The van der Waals surface area contributed by atoms with Gasteiger partial charge in [0.1, 0.15) is 6.10 Å². The molecule has 1 unspecified atom stereocenters. The van der Waals surface area contributed by atoms with Gasteiger partial charge in [-0.05, 0) is 17.7 Å². The number of hydrogen-bond acceptors (Lipinski definition) is 3. The number of methoxy groups -OCH3 is 1. The average Bonchev–Trinajstić information content (AvgIpc) is 2.28. The molecule has 0 aliphatic carbocycles. The molecule has 0 saturated carbocycles. The summed E-state index contributed by atoms with van der Waals surface area (Å²) in [6, 6.07) is 7.74. The maximum absolute atomic E-state index is 11.5. The van der Waals surface area contributed by atoms with Crippen molar-refractivity contribution < 1.29 is 9.53 Å². The van der Waals surface area contributed by atoms with E-state index in [1.165, 1.54) is 7.11 Å². The van der Waals surface area contributed by atoms with Gasteiger partial charge in [0.15, 0.2) is 0 Å². The highest BCUT2D eigenvalue weighted by molar-refractivity contribution is 9.10. The van der Waals surface area contributed by atoms with Crippen LogP contribution in [-0.4, -0.2) is 25.7 Å². The summed E-state index contributed by atoms with van der Waals surface area (Å²) in [5, 5.41) is 2.76. The molecule has 0 heterocycles. The molecule has 0 aliphatic heterocycles. The highest BCUT2D eigenvalue weighted by atomic mass is 79.9. The summed E-state index contributed by atoms with van der Waals surface area (Å²) >= 11 is 3.37. The minimum absolute atomic E-state index is 0. The summed E-state index contributed by atoms with van der Waals surface area (Å²) in [4.78, 5) is 11.5. The van der Waals surface area contributed by atoms with Crippen LogP contribution in [0.2, 0.25) is 0 Å². The van der Waals surface area contributed by atoms with Crippen molar-refractivity contribution in [3.8, 4) is 0 Å². The third-order valence-electron chi connectivity index (χ3n) is 2.15. The van der Waals surface area contributed by atoms with Crippen LogP contribution in [0.5, 0.6) is 0 Å². The van der Waals surface area contributed by atoms with Gasteiger partial charge in [-0.3, -0.25) is 4.79 Å². The van der Waals surface area contributed by atoms with Crippen molar-refractivity contribution in [3.05, 3.63) is 34.3 Å². The predicted octanol–water partition coefficient (Wildman–Crippen LogP) is 1.46. The molecule has 1 aromatic carbocycles. The smallest absolute Gasteiger partial charge is 0.250 e. The molecule has 3 N–H and O–H groups in total. The summed E-state index contributed by atoms with van der Waals surface area (Å²) in [5.74, 6) is -0.190. The molecule has 0 radical (unpaired) electrons. The predicted molar refractivity (Wildman–Crippen MR) is 73.1 cm³/mol. The highest BCUT2D eigenvalue weighted by Crippen LogP contribution is 2.11. The maximum atomic E-state index is 11.5. The summed E-state index contributed by atoms with van der Waals surface area (Å²) in [6.07, 6.45) is -0.577. The molecule has 0 saturated heterocycles. The van der Waals surface area contributed by atoms with Crippen molar-refractivity contribution in [2.24, 2.45) is 5.73 Å². The first kappa shape index (κ1) is 16.4. The number of nitrogens with two attached hydrogens (primary N) is 1. The van der Waals surface area contributed by atoms with Crippen molar-refractivity contribution in [1.29, 1.82) is 0 Å². The monoisotopic (exact) mass is 322 g/mol. The Labute approximate surface area is 115 Å². The number of carbonyl (C=O) groups is 1. The minimum Gasteiger partial charge on any atom is -0.370 e. The number of nitrogens with one attached hydrogen (secondary N) is 1. The van der Waals surface area contributed by atoms with Crippen molar-refractivity contribution in [2.45, 2.75) is 12.6 Å². The minimum atomic E-state index is -0.577. The standard InChI is InChI=1S/C11H15BrN2O2.ClH/c1-16-10(6-13)11(15)14-7-8-3-2-4-9(12)5-8;/h2-5,10H,6-7,13H2,1H3,(H,14,15);1H. The zero-order chi connectivity index (χ0) is 12.0. The fourth-order valence-electron chi connectivity index (χ4n) is 1.26. The Morgan fingerprint density at radius 3 is 2.82 bits per heavy atom. The maximum Gasteiger partial charge on any atom is 0.250 e. The van der Waals surface area contributed by atoms with Gasteiger partial charge in [-0.15, -0.1) is 12.4 Å². The number of amides is 1. The lowest BCUT2D eigenvalue weighted by Gasteiger charge is -2.13. The lowest BCUT2D eigenvalue weighted by Crippen LogP contribution is -2.40. The van der Waals surface area contributed by atoms with Crippen LogP contribution in [0, 0.1) is 0 Å². The number of ether oxygens (including phenoxy) is 1. The Balaban J connectivity index is 0.00000256. The number of hydrogen-bond donors (Lipinski definition) is 2. The fraction of sp³-hybridized carbons (Fsp3) is 0.364. The van der Waals surface area contributed by atoms with E-state index in [-0.39, 0.29) is 24.9 Å². The first-order chi connectivity index (χ1) is 7.67. The second kappa shape index (κ2) is 8.47. The summed E-state index contributed by atoms with van der Waals surface area (Å²) in [7, 11) is 1.47. The van der Waals surface area contributed by atoms with Crippen LogP contribution in [-0.2, 0) is 16.1 Å². The van der Waals surface area contributed by atoms with E-state index in [2.05, 4.69) is 21.2 Å². The molecule has 4 nitrogen and oxygen atoms in total. The first-order valence-corrected chi connectivity index (χ1v) is 5.71. The van der Waals surface area contributed by atoms with Crippen LogP contribution in [0.4, 0.5) is 0 Å². The lowest BCUT2D eigenvalue weighted by molar-refractivity contribution is -0.130. The normalized spacial score (nSPS) is 11.5. The molecular formula is C11H16BrClN2O2. The van der Waals surface area contributed by atoms with E-state index in [1.54, 1.807) is 0 Å². The van der Waals surface area contributed by atoms with Crippen molar-refractivity contribution in [1.82, 2.24) is 5.32 Å². The van der Waals surface area contributed by atoms with E-state index < -0.39 is 6.10 Å². The van der Waals surface area contributed by atoms with Gasteiger partial charge in [0, 0.05) is 24.7 Å². The van der Waals surface area contributed by atoms with Gasteiger partial charge in [0.2, 0.25) is 0 Å². The number of halogens is 2. The molecule has 0 spiro atoms. The molecule has 0 aromatic heterocycles. The molecule has 1 atom stereocenters. The molecule has 1 rings (SSSR count). The Morgan fingerprint density at radius 1 is 1.59 bits per heavy atom. The van der Waals surface area contributed by atoms with E-state index in [9.17, 15) is 4.79 Å². The van der Waals surface area contributed by atoms with Gasteiger partial charge < -0.3 is 15.8 Å². The summed E-state index contributed by atoms with van der Waals surface area (Å²) < 4.78 is 5.91. The molecule has 6 heteroatoms. The van der Waals surface area contributed by atoms with Crippen LogP contribution >= 0.6 is 28.3 Å². The van der Waals surface area contributed by atoms with Gasteiger partial charge in [-0.2, -0.15) is 0 Å². The van der Waals surface area contributed by atoms with E-state index in [4.69, 9.17) is 10.5 Å². The third-order valence-corrected chi connectivity index (χ3v) is 2.64. The first-order valence-electron chi connectivity index (χ1n) is 4.92. The van der Waals surface area contributed by atoms with Gasteiger partial charge in [-0.25, -0.2) is 0 Å².